The molecule has 1 atom stereocenters. The lowest BCUT2D eigenvalue weighted by Crippen LogP contribution is -2.30. The zero-order valence-electron chi connectivity index (χ0n) is 11.8. The lowest BCUT2D eigenvalue weighted by Gasteiger charge is -2.24. The molecule has 1 saturated heterocycles. The predicted octanol–water partition coefficient (Wildman–Crippen LogP) is 2.17. The van der Waals surface area contributed by atoms with Crippen LogP contribution in [-0.2, 0) is 16.1 Å². The Morgan fingerprint density at radius 3 is 3.11 bits per heavy atom. The number of hydrogen-bond acceptors (Lipinski definition) is 3. The first-order valence-electron chi connectivity index (χ1n) is 6.88. The fourth-order valence-electron chi connectivity index (χ4n) is 2.39. The fraction of sp³-hybridized carbons (Fsp3) is 0.600. The highest BCUT2D eigenvalue weighted by Gasteiger charge is 2.20. The molecule has 1 amide bonds. The van der Waals surface area contributed by atoms with E-state index >= 15 is 0 Å². The van der Waals surface area contributed by atoms with Crippen molar-refractivity contribution < 1.29 is 9.53 Å². The third-order valence-corrected chi connectivity index (χ3v) is 3.69. The molecule has 1 aliphatic heterocycles. The quantitative estimate of drug-likeness (QED) is 0.835. The van der Waals surface area contributed by atoms with E-state index in [9.17, 15) is 4.79 Å². The van der Waals surface area contributed by atoms with Gasteiger partial charge in [-0.15, -0.1) is 0 Å². The van der Waals surface area contributed by atoms with Gasteiger partial charge in [0.1, 0.15) is 0 Å². The maximum absolute atomic E-state index is 12.2. The molecule has 0 radical (unpaired) electrons. The van der Waals surface area contributed by atoms with Gasteiger partial charge < -0.3 is 9.64 Å². The van der Waals surface area contributed by atoms with Crippen molar-refractivity contribution in [2.75, 3.05) is 20.3 Å². The van der Waals surface area contributed by atoms with Crippen molar-refractivity contribution in [3.63, 3.8) is 0 Å². The Labute approximate surface area is 114 Å². The molecule has 1 aromatic heterocycles. The van der Waals surface area contributed by atoms with Gasteiger partial charge in [0.25, 0.3) is 0 Å². The van der Waals surface area contributed by atoms with Crippen LogP contribution in [0.15, 0.2) is 18.5 Å². The number of carbonyl (C=O) groups is 1. The topological polar surface area (TPSA) is 42.4 Å². The largest absolute Gasteiger partial charge is 0.381 e. The van der Waals surface area contributed by atoms with E-state index in [0.717, 1.165) is 37.2 Å². The van der Waals surface area contributed by atoms with Crippen LogP contribution in [0.2, 0.25) is 0 Å². The van der Waals surface area contributed by atoms with E-state index in [-0.39, 0.29) is 5.91 Å². The predicted molar refractivity (Wildman–Crippen MR) is 73.6 cm³/mol. The second-order valence-electron chi connectivity index (χ2n) is 5.34. The number of aromatic nitrogens is 1. The summed E-state index contributed by atoms with van der Waals surface area (Å²) in [6.45, 7) is 4.25. The maximum atomic E-state index is 12.2. The second-order valence-corrected chi connectivity index (χ2v) is 5.34. The Morgan fingerprint density at radius 2 is 2.42 bits per heavy atom. The maximum Gasteiger partial charge on any atom is 0.222 e. The number of rotatable bonds is 4. The molecule has 0 aliphatic carbocycles. The van der Waals surface area contributed by atoms with Gasteiger partial charge in [-0.25, -0.2) is 0 Å². The lowest BCUT2D eigenvalue weighted by molar-refractivity contribution is -0.132. The molecule has 19 heavy (non-hydrogen) atoms. The SMILES string of the molecule is Cc1cnccc1CN(C)C(=O)CC1CCCOC1. The lowest BCUT2D eigenvalue weighted by atomic mass is 9.98. The minimum Gasteiger partial charge on any atom is -0.381 e. The highest BCUT2D eigenvalue weighted by atomic mass is 16.5. The van der Waals surface area contributed by atoms with Gasteiger partial charge in [-0.2, -0.15) is 0 Å². The van der Waals surface area contributed by atoms with Gasteiger partial charge in [-0.3, -0.25) is 9.78 Å². The number of hydrogen-bond donors (Lipinski definition) is 0. The Hall–Kier alpha value is -1.42. The van der Waals surface area contributed by atoms with Crippen molar-refractivity contribution in [3.05, 3.63) is 29.6 Å². The van der Waals surface area contributed by atoms with Crippen molar-refractivity contribution in [2.45, 2.75) is 32.7 Å². The number of nitrogens with zero attached hydrogens (tertiary/aromatic N) is 2. The highest BCUT2D eigenvalue weighted by molar-refractivity contribution is 5.76. The van der Waals surface area contributed by atoms with Gasteiger partial charge in [0.2, 0.25) is 5.91 Å². The summed E-state index contributed by atoms with van der Waals surface area (Å²) >= 11 is 0. The summed E-state index contributed by atoms with van der Waals surface area (Å²) in [7, 11) is 1.87. The van der Waals surface area contributed by atoms with Crippen molar-refractivity contribution in [1.29, 1.82) is 0 Å². The summed E-state index contributed by atoms with van der Waals surface area (Å²) in [5.41, 5.74) is 2.29. The Morgan fingerprint density at radius 1 is 1.58 bits per heavy atom. The molecule has 2 rings (SSSR count). The molecule has 1 aliphatic rings. The Kier molecular flexibility index (Phi) is 4.91. The third kappa shape index (κ3) is 4.03. The van der Waals surface area contributed by atoms with Crippen molar-refractivity contribution >= 4 is 5.91 Å². The first kappa shape index (κ1) is 14.0. The number of ether oxygens (including phenoxy) is 1. The summed E-state index contributed by atoms with van der Waals surface area (Å²) in [6.07, 6.45) is 6.39. The standard InChI is InChI=1S/C15H22N2O2/c1-12-9-16-6-5-14(12)10-17(2)15(18)8-13-4-3-7-19-11-13/h5-6,9,13H,3-4,7-8,10-11H2,1-2H3. The molecule has 0 aromatic carbocycles. The van der Waals surface area contributed by atoms with Crippen LogP contribution in [0.1, 0.15) is 30.4 Å². The number of amides is 1. The van der Waals surface area contributed by atoms with E-state index in [2.05, 4.69) is 4.98 Å². The summed E-state index contributed by atoms with van der Waals surface area (Å²) in [4.78, 5) is 18.1. The van der Waals surface area contributed by atoms with Gasteiger partial charge in [-0.05, 0) is 42.9 Å². The van der Waals surface area contributed by atoms with Crippen molar-refractivity contribution in [1.82, 2.24) is 9.88 Å². The van der Waals surface area contributed by atoms with Crippen LogP contribution in [0.25, 0.3) is 0 Å². The minimum atomic E-state index is 0.201. The van der Waals surface area contributed by atoms with Crippen LogP contribution in [0.4, 0.5) is 0 Å². The van der Waals surface area contributed by atoms with Crippen LogP contribution in [-0.4, -0.2) is 36.1 Å². The summed E-state index contributed by atoms with van der Waals surface area (Å²) in [6, 6.07) is 1.98. The molecule has 4 heteroatoms. The summed E-state index contributed by atoms with van der Waals surface area (Å²) < 4.78 is 5.42. The molecule has 2 heterocycles. The van der Waals surface area contributed by atoms with Gasteiger partial charge >= 0.3 is 0 Å². The van der Waals surface area contributed by atoms with Gasteiger partial charge in [0, 0.05) is 45.6 Å². The molecule has 0 bridgehead atoms. The smallest absolute Gasteiger partial charge is 0.222 e. The fourth-order valence-corrected chi connectivity index (χ4v) is 2.39. The van der Waals surface area contributed by atoms with Crippen LogP contribution in [0, 0.1) is 12.8 Å². The first-order chi connectivity index (χ1) is 9.16. The van der Waals surface area contributed by atoms with E-state index < -0.39 is 0 Å². The molecule has 1 aromatic rings. The number of pyridine rings is 1. The van der Waals surface area contributed by atoms with Crippen LogP contribution in [0.3, 0.4) is 0 Å². The number of aryl methyl sites for hydroxylation is 1. The van der Waals surface area contributed by atoms with Gasteiger partial charge in [0.15, 0.2) is 0 Å². The Bertz CT molecular complexity index is 428. The molecule has 0 spiro atoms. The van der Waals surface area contributed by atoms with E-state index in [1.165, 1.54) is 0 Å². The monoisotopic (exact) mass is 262 g/mol. The van der Waals surface area contributed by atoms with Crippen molar-refractivity contribution in [3.8, 4) is 0 Å². The minimum absolute atomic E-state index is 0.201. The molecule has 104 valence electrons. The second kappa shape index (κ2) is 6.66. The summed E-state index contributed by atoms with van der Waals surface area (Å²) in [5.74, 6) is 0.592. The third-order valence-electron chi connectivity index (χ3n) is 3.69. The molecular formula is C15H22N2O2. The molecular weight excluding hydrogens is 240 g/mol. The zero-order valence-corrected chi connectivity index (χ0v) is 11.8. The van der Waals surface area contributed by atoms with E-state index in [0.29, 0.717) is 18.9 Å². The van der Waals surface area contributed by atoms with E-state index in [1.807, 2.05) is 26.2 Å². The average Bonchev–Trinajstić information content (AvgIpc) is 2.42. The van der Waals surface area contributed by atoms with E-state index in [1.54, 1.807) is 11.1 Å². The van der Waals surface area contributed by atoms with Gasteiger partial charge in [-0.1, -0.05) is 0 Å². The molecule has 4 nitrogen and oxygen atoms in total. The molecule has 0 saturated carbocycles. The number of carbonyl (C=O) groups excluding carboxylic acids is 1. The van der Waals surface area contributed by atoms with Crippen molar-refractivity contribution in [2.24, 2.45) is 5.92 Å². The normalized spacial score (nSPS) is 19.2. The summed E-state index contributed by atoms with van der Waals surface area (Å²) in [5, 5.41) is 0. The first-order valence-corrected chi connectivity index (χ1v) is 6.88. The molecule has 1 unspecified atom stereocenters. The van der Waals surface area contributed by atoms with Crippen LogP contribution >= 0.6 is 0 Å². The van der Waals surface area contributed by atoms with E-state index in [4.69, 9.17) is 4.74 Å². The average molecular weight is 262 g/mol. The van der Waals surface area contributed by atoms with Crippen LogP contribution < -0.4 is 0 Å². The molecule has 1 fully saturated rings. The van der Waals surface area contributed by atoms with Gasteiger partial charge in [0.05, 0.1) is 0 Å². The highest BCUT2D eigenvalue weighted by Crippen LogP contribution is 2.18. The Balaban J connectivity index is 1.87. The zero-order chi connectivity index (χ0) is 13.7. The molecule has 0 N–H and O–H groups in total. The van der Waals surface area contributed by atoms with Crippen LogP contribution in [0.5, 0.6) is 0 Å².